The van der Waals surface area contributed by atoms with E-state index in [-0.39, 0.29) is 0 Å². The first kappa shape index (κ1) is 17.3. The Balaban J connectivity index is 1.84. The Hall–Kier alpha value is -2.01. The summed E-state index contributed by atoms with van der Waals surface area (Å²) in [4.78, 5) is 5.60. The number of thiophene rings is 1. The van der Waals surface area contributed by atoms with Crippen molar-refractivity contribution in [2.75, 3.05) is 18.9 Å². The maximum atomic E-state index is 4.30. The Morgan fingerprint density at radius 3 is 2.48 bits per heavy atom. The predicted octanol–water partition coefficient (Wildman–Crippen LogP) is 3.55. The number of para-hydroxylation sites is 1. The molecule has 23 heavy (non-hydrogen) atoms. The molecule has 1 heterocycles. The average Bonchev–Trinajstić information content (AvgIpc) is 3.08. The maximum absolute atomic E-state index is 4.30. The van der Waals surface area contributed by atoms with Crippen LogP contribution in [0.15, 0.2) is 52.8 Å². The summed E-state index contributed by atoms with van der Waals surface area (Å²) in [5.41, 5.74) is 1.15. The molecule has 0 fully saturated rings. The van der Waals surface area contributed by atoms with Gasteiger partial charge in [-0.3, -0.25) is 4.99 Å². The van der Waals surface area contributed by atoms with E-state index in [1.807, 2.05) is 6.07 Å². The number of nitrogens with zero attached hydrogens (tertiary/aromatic N) is 1. The quantitative estimate of drug-likeness (QED) is 0.537. The molecule has 0 radical (unpaired) electrons. The molecular weight excluding hydrogens is 304 g/mol. The Morgan fingerprint density at radius 1 is 1.09 bits per heavy atom. The number of nitrogens with one attached hydrogen (secondary N) is 3. The number of aliphatic imine (C=N–C) groups is 1. The van der Waals surface area contributed by atoms with Crippen molar-refractivity contribution in [1.82, 2.24) is 10.6 Å². The van der Waals surface area contributed by atoms with E-state index >= 15 is 0 Å². The Labute approximate surface area is 143 Å². The second-order valence-electron chi connectivity index (χ2n) is 5.75. The normalized spacial score (nSPS) is 13.0. The SMILES string of the molecule is CN=C(NCc1cccs1)NCC(Nc1ccccc1)C(C)C. The molecule has 124 valence electrons. The molecule has 2 aromatic rings. The molecular formula is C18H26N4S. The van der Waals surface area contributed by atoms with Crippen LogP contribution in [0.5, 0.6) is 0 Å². The lowest BCUT2D eigenvalue weighted by Crippen LogP contribution is -2.44. The summed E-state index contributed by atoms with van der Waals surface area (Å²) in [6.07, 6.45) is 0. The molecule has 0 bridgehead atoms. The minimum atomic E-state index is 0.331. The Morgan fingerprint density at radius 2 is 1.87 bits per heavy atom. The molecule has 0 saturated carbocycles. The lowest BCUT2D eigenvalue weighted by Gasteiger charge is -2.25. The van der Waals surface area contributed by atoms with Gasteiger partial charge in [-0.15, -0.1) is 11.3 Å². The van der Waals surface area contributed by atoms with Gasteiger partial charge in [0.15, 0.2) is 5.96 Å². The average molecular weight is 331 g/mol. The molecule has 1 unspecified atom stereocenters. The summed E-state index contributed by atoms with van der Waals surface area (Å²) in [7, 11) is 1.80. The summed E-state index contributed by atoms with van der Waals surface area (Å²) in [6, 6.07) is 14.8. The third-order valence-corrected chi connectivity index (χ3v) is 4.53. The first-order valence-electron chi connectivity index (χ1n) is 7.97. The highest BCUT2D eigenvalue weighted by atomic mass is 32.1. The first-order valence-corrected chi connectivity index (χ1v) is 8.85. The number of rotatable bonds is 7. The largest absolute Gasteiger partial charge is 0.380 e. The fraction of sp³-hybridized carbons (Fsp3) is 0.389. The fourth-order valence-corrected chi connectivity index (χ4v) is 2.86. The van der Waals surface area contributed by atoms with Crippen LogP contribution >= 0.6 is 11.3 Å². The van der Waals surface area contributed by atoms with Gasteiger partial charge in [0.05, 0.1) is 6.54 Å². The summed E-state index contributed by atoms with van der Waals surface area (Å²) in [5, 5.41) is 12.4. The summed E-state index contributed by atoms with van der Waals surface area (Å²) in [6.45, 7) is 6.07. The second-order valence-corrected chi connectivity index (χ2v) is 6.78. The standard InChI is InChI=1S/C18H26N4S/c1-14(2)17(22-15-8-5-4-6-9-15)13-21-18(19-3)20-12-16-10-7-11-23-16/h4-11,14,17,22H,12-13H2,1-3H3,(H2,19,20,21). The van der Waals surface area contributed by atoms with E-state index in [0.717, 1.165) is 24.7 Å². The van der Waals surface area contributed by atoms with Crippen molar-refractivity contribution in [3.8, 4) is 0 Å². The molecule has 1 atom stereocenters. The van der Waals surface area contributed by atoms with Crippen LogP contribution in [-0.2, 0) is 6.54 Å². The zero-order valence-corrected chi connectivity index (χ0v) is 14.9. The number of benzene rings is 1. The molecule has 0 aliphatic carbocycles. The number of anilines is 1. The second kappa shape index (κ2) is 9.20. The van der Waals surface area contributed by atoms with Gasteiger partial charge in [0.1, 0.15) is 0 Å². The van der Waals surface area contributed by atoms with Crippen LogP contribution in [0.4, 0.5) is 5.69 Å². The van der Waals surface area contributed by atoms with Gasteiger partial charge >= 0.3 is 0 Å². The van der Waals surface area contributed by atoms with Gasteiger partial charge < -0.3 is 16.0 Å². The molecule has 0 spiro atoms. The number of hydrogen-bond acceptors (Lipinski definition) is 3. The van der Waals surface area contributed by atoms with Gasteiger partial charge in [0.2, 0.25) is 0 Å². The van der Waals surface area contributed by atoms with E-state index in [2.05, 4.69) is 76.6 Å². The highest BCUT2D eigenvalue weighted by Crippen LogP contribution is 2.12. The van der Waals surface area contributed by atoms with Crippen LogP contribution in [0.1, 0.15) is 18.7 Å². The smallest absolute Gasteiger partial charge is 0.191 e. The summed E-state index contributed by atoms with van der Waals surface area (Å²) < 4.78 is 0. The van der Waals surface area contributed by atoms with E-state index in [9.17, 15) is 0 Å². The number of guanidine groups is 1. The van der Waals surface area contributed by atoms with Gasteiger partial charge in [-0.05, 0) is 29.5 Å². The van der Waals surface area contributed by atoms with E-state index in [1.54, 1.807) is 18.4 Å². The van der Waals surface area contributed by atoms with Crippen LogP contribution < -0.4 is 16.0 Å². The molecule has 0 aliphatic heterocycles. The van der Waals surface area contributed by atoms with Gasteiger partial charge in [-0.1, -0.05) is 38.1 Å². The van der Waals surface area contributed by atoms with Crippen molar-refractivity contribution in [3.05, 3.63) is 52.7 Å². The monoisotopic (exact) mass is 330 g/mol. The van der Waals surface area contributed by atoms with Crippen molar-refractivity contribution >= 4 is 23.0 Å². The summed E-state index contributed by atoms with van der Waals surface area (Å²) in [5.74, 6) is 1.34. The van der Waals surface area contributed by atoms with E-state index in [4.69, 9.17) is 0 Å². The molecule has 2 rings (SSSR count). The zero-order valence-electron chi connectivity index (χ0n) is 14.0. The van der Waals surface area contributed by atoms with Crippen LogP contribution in [0, 0.1) is 5.92 Å². The predicted molar refractivity (Wildman–Crippen MR) is 101 cm³/mol. The van der Waals surface area contributed by atoms with Crippen molar-refractivity contribution in [3.63, 3.8) is 0 Å². The summed E-state index contributed by atoms with van der Waals surface area (Å²) >= 11 is 1.75. The highest BCUT2D eigenvalue weighted by Gasteiger charge is 2.13. The minimum absolute atomic E-state index is 0.331. The van der Waals surface area contributed by atoms with Crippen LogP contribution in [0.3, 0.4) is 0 Å². The molecule has 5 heteroatoms. The molecule has 0 amide bonds. The fourth-order valence-electron chi connectivity index (χ4n) is 2.21. The Bertz CT molecular complexity index is 578. The molecule has 1 aromatic heterocycles. The third kappa shape index (κ3) is 5.94. The van der Waals surface area contributed by atoms with Crippen LogP contribution in [0.25, 0.3) is 0 Å². The maximum Gasteiger partial charge on any atom is 0.191 e. The van der Waals surface area contributed by atoms with Gasteiger partial charge in [-0.25, -0.2) is 0 Å². The van der Waals surface area contributed by atoms with Gasteiger partial charge in [-0.2, -0.15) is 0 Å². The van der Waals surface area contributed by atoms with E-state index in [1.165, 1.54) is 4.88 Å². The third-order valence-electron chi connectivity index (χ3n) is 3.65. The lowest BCUT2D eigenvalue weighted by molar-refractivity contribution is 0.512. The molecule has 0 saturated heterocycles. The van der Waals surface area contributed by atoms with Crippen LogP contribution in [-0.4, -0.2) is 25.6 Å². The van der Waals surface area contributed by atoms with E-state index < -0.39 is 0 Å². The molecule has 0 aliphatic rings. The van der Waals surface area contributed by atoms with Crippen molar-refractivity contribution in [2.24, 2.45) is 10.9 Å². The van der Waals surface area contributed by atoms with Crippen molar-refractivity contribution < 1.29 is 0 Å². The van der Waals surface area contributed by atoms with Crippen LogP contribution in [0.2, 0.25) is 0 Å². The molecule has 4 nitrogen and oxygen atoms in total. The van der Waals surface area contributed by atoms with Gasteiger partial charge in [0, 0.05) is 30.2 Å². The van der Waals surface area contributed by atoms with Gasteiger partial charge in [0.25, 0.3) is 0 Å². The molecule has 3 N–H and O–H groups in total. The zero-order chi connectivity index (χ0) is 16.5. The lowest BCUT2D eigenvalue weighted by atomic mass is 10.0. The molecule has 1 aromatic carbocycles. The van der Waals surface area contributed by atoms with Crippen molar-refractivity contribution in [1.29, 1.82) is 0 Å². The first-order chi connectivity index (χ1) is 11.2. The number of hydrogen-bond donors (Lipinski definition) is 3. The Kier molecular flexibility index (Phi) is 6.94. The van der Waals surface area contributed by atoms with Crippen molar-refractivity contribution in [2.45, 2.75) is 26.4 Å². The highest BCUT2D eigenvalue weighted by molar-refractivity contribution is 7.09. The topological polar surface area (TPSA) is 48.5 Å². The minimum Gasteiger partial charge on any atom is -0.380 e. The van der Waals surface area contributed by atoms with E-state index in [0.29, 0.717) is 12.0 Å².